The molecule has 2 unspecified atom stereocenters. The van der Waals surface area contributed by atoms with Gasteiger partial charge in [0, 0.05) is 10.0 Å². The first kappa shape index (κ1) is 16.8. The van der Waals surface area contributed by atoms with Gasteiger partial charge in [-0.1, -0.05) is 50.9 Å². The van der Waals surface area contributed by atoms with Crippen molar-refractivity contribution < 1.29 is 5.11 Å². The Kier molecular flexibility index (Phi) is 6.16. The molecule has 0 aliphatic carbocycles. The largest absolute Gasteiger partial charge is 0.393 e. The number of hydrogen-bond donors (Lipinski definition) is 1. The van der Waals surface area contributed by atoms with Crippen LogP contribution in [0.1, 0.15) is 46.1 Å². The minimum absolute atomic E-state index is 0.298. The number of aliphatic hydroxyl groups excluding tert-OH is 1. The van der Waals surface area contributed by atoms with Gasteiger partial charge in [0.25, 0.3) is 0 Å². The van der Waals surface area contributed by atoms with Crippen LogP contribution in [0.2, 0.25) is 10.0 Å². The average molecular weight is 303 g/mol. The normalized spacial score (nSPS) is 15.3. The molecule has 1 nitrogen and oxygen atoms in total. The van der Waals surface area contributed by atoms with Gasteiger partial charge in [-0.05, 0) is 54.4 Å². The van der Waals surface area contributed by atoms with Gasteiger partial charge in [-0.25, -0.2) is 0 Å². The summed E-state index contributed by atoms with van der Waals surface area (Å²) in [7, 11) is 0. The van der Waals surface area contributed by atoms with E-state index in [1.54, 1.807) is 12.1 Å². The summed E-state index contributed by atoms with van der Waals surface area (Å²) in [6.07, 6.45) is 2.09. The zero-order chi connectivity index (χ0) is 14.6. The van der Waals surface area contributed by atoms with Crippen molar-refractivity contribution in [3.63, 3.8) is 0 Å². The average Bonchev–Trinajstić information content (AvgIpc) is 2.20. The standard InChI is InChI=1S/C16H24Cl2O/c1-11(10-16(2,3)4)7-14(19)9-12-8-13(17)5-6-15(12)18/h5-6,8,11,14,19H,7,9-10H2,1-4H3. The predicted molar refractivity (Wildman–Crippen MR) is 84.0 cm³/mol. The van der Waals surface area contributed by atoms with Crippen LogP contribution in [0.5, 0.6) is 0 Å². The molecular formula is C16H24Cl2O. The summed E-state index contributed by atoms with van der Waals surface area (Å²) in [4.78, 5) is 0. The second kappa shape index (κ2) is 6.97. The van der Waals surface area contributed by atoms with Gasteiger partial charge in [-0.15, -0.1) is 0 Å². The van der Waals surface area contributed by atoms with E-state index in [2.05, 4.69) is 27.7 Å². The van der Waals surface area contributed by atoms with E-state index in [1.807, 2.05) is 6.07 Å². The topological polar surface area (TPSA) is 20.2 Å². The Hall–Kier alpha value is -0.240. The summed E-state index contributed by atoms with van der Waals surface area (Å²) in [6, 6.07) is 5.38. The van der Waals surface area contributed by atoms with E-state index < -0.39 is 0 Å². The molecule has 0 radical (unpaired) electrons. The predicted octanol–water partition coefficient (Wildman–Crippen LogP) is 5.36. The summed E-state index contributed by atoms with van der Waals surface area (Å²) >= 11 is 12.1. The van der Waals surface area contributed by atoms with E-state index in [-0.39, 0.29) is 6.10 Å². The zero-order valence-corrected chi connectivity index (χ0v) is 13.7. The zero-order valence-electron chi connectivity index (χ0n) is 12.2. The summed E-state index contributed by atoms with van der Waals surface area (Å²) in [5.74, 6) is 0.493. The molecule has 1 aromatic rings. The first-order valence-corrected chi connectivity index (χ1v) is 7.55. The molecule has 0 aliphatic rings. The van der Waals surface area contributed by atoms with Gasteiger partial charge in [0.1, 0.15) is 0 Å². The van der Waals surface area contributed by atoms with Crippen LogP contribution in [-0.4, -0.2) is 11.2 Å². The molecule has 19 heavy (non-hydrogen) atoms. The fourth-order valence-corrected chi connectivity index (χ4v) is 3.02. The van der Waals surface area contributed by atoms with Crippen molar-refractivity contribution in [1.29, 1.82) is 0 Å². The van der Waals surface area contributed by atoms with Crippen LogP contribution in [0.25, 0.3) is 0 Å². The van der Waals surface area contributed by atoms with Crippen LogP contribution in [0.15, 0.2) is 18.2 Å². The second-order valence-electron chi connectivity index (χ2n) is 6.70. The van der Waals surface area contributed by atoms with E-state index in [0.29, 0.717) is 27.8 Å². The van der Waals surface area contributed by atoms with Crippen molar-refractivity contribution in [3.05, 3.63) is 33.8 Å². The molecule has 0 aliphatic heterocycles. The minimum Gasteiger partial charge on any atom is -0.393 e. The highest BCUT2D eigenvalue weighted by molar-refractivity contribution is 6.33. The van der Waals surface area contributed by atoms with E-state index in [4.69, 9.17) is 23.2 Å². The molecule has 108 valence electrons. The number of hydrogen-bond acceptors (Lipinski definition) is 1. The van der Waals surface area contributed by atoms with E-state index in [0.717, 1.165) is 18.4 Å². The molecule has 0 spiro atoms. The Bertz CT molecular complexity index is 410. The van der Waals surface area contributed by atoms with Gasteiger partial charge in [-0.2, -0.15) is 0 Å². The third-order valence-corrected chi connectivity index (χ3v) is 3.70. The second-order valence-corrected chi connectivity index (χ2v) is 7.54. The van der Waals surface area contributed by atoms with Gasteiger partial charge in [-0.3, -0.25) is 0 Å². The Labute approximate surface area is 126 Å². The van der Waals surface area contributed by atoms with Crippen LogP contribution < -0.4 is 0 Å². The number of rotatable bonds is 5. The fourth-order valence-electron chi connectivity index (χ4n) is 2.63. The highest BCUT2D eigenvalue weighted by Gasteiger charge is 2.18. The number of aliphatic hydroxyl groups is 1. The lowest BCUT2D eigenvalue weighted by Crippen LogP contribution is -2.19. The number of benzene rings is 1. The molecule has 0 amide bonds. The van der Waals surface area contributed by atoms with Gasteiger partial charge >= 0.3 is 0 Å². The van der Waals surface area contributed by atoms with Crippen LogP contribution in [0.3, 0.4) is 0 Å². The van der Waals surface area contributed by atoms with Crippen molar-refractivity contribution >= 4 is 23.2 Å². The highest BCUT2D eigenvalue weighted by atomic mass is 35.5. The molecular weight excluding hydrogens is 279 g/mol. The summed E-state index contributed by atoms with van der Waals surface area (Å²) < 4.78 is 0. The van der Waals surface area contributed by atoms with Crippen LogP contribution in [0, 0.1) is 11.3 Å². The van der Waals surface area contributed by atoms with Crippen LogP contribution >= 0.6 is 23.2 Å². The van der Waals surface area contributed by atoms with Gasteiger partial charge < -0.3 is 5.11 Å². The van der Waals surface area contributed by atoms with Crippen molar-refractivity contribution in [1.82, 2.24) is 0 Å². The van der Waals surface area contributed by atoms with E-state index in [9.17, 15) is 5.11 Å². The molecule has 3 heteroatoms. The maximum Gasteiger partial charge on any atom is 0.0583 e. The SMILES string of the molecule is CC(CC(O)Cc1cc(Cl)ccc1Cl)CC(C)(C)C. The van der Waals surface area contributed by atoms with Gasteiger partial charge in [0.05, 0.1) is 6.10 Å². The van der Waals surface area contributed by atoms with Gasteiger partial charge in [0.15, 0.2) is 0 Å². The summed E-state index contributed by atoms with van der Waals surface area (Å²) in [5.41, 5.74) is 1.22. The third kappa shape index (κ3) is 6.65. The van der Waals surface area contributed by atoms with Gasteiger partial charge in [0.2, 0.25) is 0 Å². The highest BCUT2D eigenvalue weighted by Crippen LogP contribution is 2.28. The monoisotopic (exact) mass is 302 g/mol. The molecule has 0 aromatic heterocycles. The van der Waals surface area contributed by atoms with Crippen molar-refractivity contribution in [2.45, 2.75) is 53.1 Å². The molecule has 1 rings (SSSR count). The van der Waals surface area contributed by atoms with E-state index >= 15 is 0 Å². The van der Waals surface area contributed by atoms with Crippen molar-refractivity contribution in [2.75, 3.05) is 0 Å². The smallest absolute Gasteiger partial charge is 0.0583 e. The molecule has 0 saturated heterocycles. The molecule has 1 N–H and O–H groups in total. The Morgan fingerprint density at radius 2 is 1.84 bits per heavy atom. The lowest BCUT2D eigenvalue weighted by Gasteiger charge is -2.25. The maximum atomic E-state index is 10.2. The molecule has 0 heterocycles. The fraction of sp³-hybridized carbons (Fsp3) is 0.625. The lowest BCUT2D eigenvalue weighted by atomic mass is 9.83. The summed E-state index contributed by atoms with van der Waals surface area (Å²) in [6.45, 7) is 8.87. The molecule has 2 atom stereocenters. The Balaban J connectivity index is 2.55. The molecule has 1 aromatic carbocycles. The quantitative estimate of drug-likeness (QED) is 0.776. The molecule has 0 saturated carbocycles. The first-order chi connectivity index (χ1) is 8.67. The summed E-state index contributed by atoms with van der Waals surface area (Å²) in [5, 5.41) is 11.5. The van der Waals surface area contributed by atoms with Crippen molar-refractivity contribution in [2.24, 2.45) is 11.3 Å². The maximum absolute atomic E-state index is 10.2. The first-order valence-electron chi connectivity index (χ1n) is 6.79. The van der Waals surface area contributed by atoms with Crippen molar-refractivity contribution in [3.8, 4) is 0 Å². The lowest BCUT2D eigenvalue weighted by molar-refractivity contribution is 0.133. The number of halogens is 2. The van der Waals surface area contributed by atoms with E-state index in [1.165, 1.54) is 0 Å². The van der Waals surface area contributed by atoms with Crippen LogP contribution in [0.4, 0.5) is 0 Å². The molecule has 0 fully saturated rings. The molecule has 0 bridgehead atoms. The Morgan fingerprint density at radius 3 is 2.42 bits per heavy atom. The third-order valence-electron chi connectivity index (χ3n) is 3.10. The minimum atomic E-state index is -0.367. The Morgan fingerprint density at radius 1 is 1.21 bits per heavy atom. The van der Waals surface area contributed by atoms with Crippen LogP contribution in [-0.2, 0) is 6.42 Å².